The molecule has 7 nitrogen and oxygen atoms in total. The molecule has 2 heterocycles. The van der Waals surface area contributed by atoms with Gasteiger partial charge in [-0.3, -0.25) is 4.79 Å². The van der Waals surface area contributed by atoms with E-state index in [2.05, 4.69) is 20.3 Å². The molecule has 192 valence electrons. The Morgan fingerprint density at radius 3 is 2.78 bits per heavy atom. The number of anilines is 2. The Morgan fingerprint density at radius 1 is 1.31 bits per heavy atom. The molecule has 1 aromatic carbocycles. The first kappa shape index (κ1) is 26.0. The number of ether oxygens (including phenoxy) is 1. The van der Waals surface area contributed by atoms with E-state index in [1.54, 1.807) is 25.3 Å². The SMILES string of the molecule is CCOC(=O)C1CCC(O)(c2ncc(-c3cc(C)cc(Nc4nccc(C(F)(F)F)n4)c3)s2)C(C)C1. The normalized spacial score (nSPS) is 22.3. The number of halogens is 3. The third kappa shape index (κ3) is 5.52. The summed E-state index contributed by atoms with van der Waals surface area (Å²) in [6.07, 6.45) is -0.394. The van der Waals surface area contributed by atoms with Gasteiger partial charge in [-0.15, -0.1) is 11.3 Å². The summed E-state index contributed by atoms with van der Waals surface area (Å²) >= 11 is 1.36. The fourth-order valence-electron chi connectivity index (χ4n) is 4.48. The van der Waals surface area contributed by atoms with Crippen molar-refractivity contribution in [3.8, 4) is 10.4 Å². The zero-order valence-corrected chi connectivity index (χ0v) is 20.9. The van der Waals surface area contributed by atoms with Gasteiger partial charge in [0.1, 0.15) is 16.3 Å². The molecular formula is C25H27F3N4O3S. The van der Waals surface area contributed by atoms with Crippen LogP contribution < -0.4 is 5.32 Å². The van der Waals surface area contributed by atoms with Gasteiger partial charge in [-0.1, -0.05) is 13.0 Å². The van der Waals surface area contributed by atoms with Crippen molar-refractivity contribution in [1.29, 1.82) is 0 Å². The van der Waals surface area contributed by atoms with Crippen LogP contribution in [-0.2, 0) is 21.3 Å². The zero-order valence-electron chi connectivity index (χ0n) is 20.1. The van der Waals surface area contributed by atoms with Crippen molar-refractivity contribution in [3.63, 3.8) is 0 Å². The Morgan fingerprint density at radius 2 is 2.08 bits per heavy atom. The number of hydrogen-bond acceptors (Lipinski definition) is 8. The third-order valence-electron chi connectivity index (χ3n) is 6.39. The second-order valence-electron chi connectivity index (χ2n) is 9.05. The van der Waals surface area contributed by atoms with E-state index in [1.807, 2.05) is 19.9 Å². The topological polar surface area (TPSA) is 97.2 Å². The van der Waals surface area contributed by atoms with Gasteiger partial charge < -0.3 is 15.2 Å². The van der Waals surface area contributed by atoms with Crippen molar-refractivity contribution in [1.82, 2.24) is 15.0 Å². The number of carbonyl (C=O) groups excluding carboxylic acids is 1. The molecule has 1 aliphatic carbocycles. The summed E-state index contributed by atoms with van der Waals surface area (Å²) in [6.45, 7) is 5.89. The van der Waals surface area contributed by atoms with Crippen molar-refractivity contribution >= 4 is 28.9 Å². The van der Waals surface area contributed by atoms with E-state index in [9.17, 15) is 23.1 Å². The predicted octanol–water partition coefficient (Wildman–Crippen LogP) is 5.86. The number of aromatic nitrogens is 3. The minimum atomic E-state index is -4.57. The first-order valence-electron chi connectivity index (χ1n) is 11.6. The largest absolute Gasteiger partial charge is 0.466 e. The minimum Gasteiger partial charge on any atom is -0.466 e. The van der Waals surface area contributed by atoms with Gasteiger partial charge >= 0.3 is 12.1 Å². The van der Waals surface area contributed by atoms with Crippen LogP contribution in [0.3, 0.4) is 0 Å². The maximum Gasteiger partial charge on any atom is 0.433 e. The van der Waals surface area contributed by atoms with Gasteiger partial charge in [0.05, 0.1) is 17.4 Å². The summed E-state index contributed by atoms with van der Waals surface area (Å²) in [5.41, 5.74) is 0.0211. The number of rotatable bonds is 6. The molecule has 0 bridgehead atoms. The number of thiazole rings is 1. The van der Waals surface area contributed by atoms with Crippen LogP contribution in [0, 0.1) is 18.8 Å². The Labute approximate surface area is 210 Å². The van der Waals surface area contributed by atoms with Gasteiger partial charge in [0.25, 0.3) is 0 Å². The van der Waals surface area contributed by atoms with Gasteiger partial charge in [-0.25, -0.2) is 15.0 Å². The Bertz CT molecular complexity index is 1250. The van der Waals surface area contributed by atoms with E-state index in [0.717, 1.165) is 28.3 Å². The number of aliphatic hydroxyl groups is 1. The van der Waals surface area contributed by atoms with Crippen molar-refractivity contribution in [2.75, 3.05) is 11.9 Å². The van der Waals surface area contributed by atoms with Crippen LogP contribution in [0.5, 0.6) is 0 Å². The lowest BCUT2D eigenvalue weighted by atomic mass is 9.72. The zero-order chi connectivity index (χ0) is 26.1. The molecule has 2 N–H and O–H groups in total. The molecule has 0 amide bonds. The van der Waals surface area contributed by atoms with Crippen molar-refractivity contribution in [2.45, 2.75) is 51.8 Å². The maximum atomic E-state index is 13.0. The van der Waals surface area contributed by atoms with Crippen LogP contribution in [0.2, 0.25) is 0 Å². The summed E-state index contributed by atoms with van der Waals surface area (Å²) in [7, 11) is 0. The molecule has 3 aromatic rings. The number of aryl methyl sites for hydroxylation is 1. The molecule has 3 atom stereocenters. The van der Waals surface area contributed by atoms with Crippen LogP contribution in [0.4, 0.5) is 24.8 Å². The molecule has 0 aliphatic heterocycles. The van der Waals surface area contributed by atoms with Gasteiger partial charge in [0, 0.05) is 18.1 Å². The number of esters is 1. The molecular weight excluding hydrogens is 493 g/mol. The third-order valence-corrected chi connectivity index (χ3v) is 7.60. The van der Waals surface area contributed by atoms with E-state index in [0.29, 0.717) is 36.6 Å². The van der Waals surface area contributed by atoms with Gasteiger partial charge in [0.2, 0.25) is 5.95 Å². The Balaban J connectivity index is 1.55. The van der Waals surface area contributed by atoms with E-state index in [-0.39, 0.29) is 23.8 Å². The smallest absolute Gasteiger partial charge is 0.433 e. The average Bonchev–Trinajstić information content (AvgIpc) is 3.31. The van der Waals surface area contributed by atoms with Crippen LogP contribution in [-0.4, -0.2) is 32.6 Å². The first-order valence-corrected chi connectivity index (χ1v) is 12.5. The van der Waals surface area contributed by atoms with Gasteiger partial charge in [-0.2, -0.15) is 13.2 Å². The number of benzene rings is 1. The molecule has 36 heavy (non-hydrogen) atoms. The van der Waals surface area contributed by atoms with Gasteiger partial charge in [-0.05, 0) is 68.4 Å². The fraction of sp³-hybridized carbons (Fsp3) is 0.440. The first-order chi connectivity index (χ1) is 17.0. The Hall–Kier alpha value is -3.05. The van der Waals surface area contributed by atoms with Crippen LogP contribution >= 0.6 is 11.3 Å². The average molecular weight is 521 g/mol. The summed E-state index contributed by atoms with van der Waals surface area (Å²) in [6, 6.07) is 6.30. The molecule has 3 unspecified atom stereocenters. The van der Waals surface area contributed by atoms with E-state index in [4.69, 9.17) is 4.74 Å². The van der Waals surface area contributed by atoms with E-state index >= 15 is 0 Å². The van der Waals surface area contributed by atoms with Crippen molar-refractivity contribution in [2.24, 2.45) is 11.8 Å². The molecule has 4 rings (SSSR count). The van der Waals surface area contributed by atoms with Crippen molar-refractivity contribution in [3.05, 3.63) is 52.9 Å². The highest BCUT2D eigenvalue weighted by Gasteiger charge is 2.45. The lowest BCUT2D eigenvalue weighted by Crippen LogP contribution is -2.41. The maximum absolute atomic E-state index is 13.0. The molecule has 0 saturated heterocycles. The molecule has 1 saturated carbocycles. The molecule has 1 aliphatic rings. The lowest BCUT2D eigenvalue weighted by Gasteiger charge is -2.39. The number of alkyl halides is 3. The van der Waals surface area contributed by atoms with Crippen LogP contribution in [0.1, 0.15) is 49.4 Å². The monoisotopic (exact) mass is 520 g/mol. The second-order valence-corrected chi connectivity index (χ2v) is 10.1. The molecule has 1 fully saturated rings. The predicted molar refractivity (Wildman–Crippen MR) is 130 cm³/mol. The highest BCUT2D eigenvalue weighted by atomic mass is 32.1. The molecule has 11 heteroatoms. The number of hydrogen-bond donors (Lipinski definition) is 2. The van der Waals surface area contributed by atoms with Crippen LogP contribution in [0.15, 0.2) is 36.7 Å². The summed E-state index contributed by atoms with van der Waals surface area (Å²) in [5, 5.41) is 14.9. The molecule has 0 spiro atoms. The van der Waals surface area contributed by atoms with Crippen LogP contribution in [0.25, 0.3) is 10.4 Å². The second kappa shape index (κ2) is 10.1. The molecule has 2 aromatic heterocycles. The molecule has 0 radical (unpaired) electrons. The summed E-state index contributed by atoms with van der Waals surface area (Å²) in [4.78, 5) is 24.9. The highest BCUT2D eigenvalue weighted by Crippen LogP contribution is 2.46. The highest BCUT2D eigenvalue weighted by molar-refractivity contribution is 7.15. The van der Waals surface area contributed by atoms with Gasteiger partial charge in [0.15, 0.2) is 0 Å². The Kier molecular flexibility index (Phi) is 7.33. The number of nitrogens with zero attached hydrogens (tertiary/aromatic N) is 3. The number of nitrogens with one attached hydrogen (secondary N) is 1. The van der Waals surface area contributed by atoms with E-state index < -0.39 is 17.5 Å². The minimum absolute atomic E-state index is 0.159. The quantitative estimate of drug-likeness (QED) is 0.393. The summed E-state index contributed by atoms with van der Waals surface area (Å²) in [5.74, 6) is -0.806. The standard InChI is InChI=1S/C25H27F3N4O3S/c1-4-35-21(33)16-5-7-24(34,15(3)11-16)22-30-13-19(36-22)17-9-14(2)10-18(12-17)31-23-29-8-6-20(32-23)25(26,27)28/h6,8-10,12-13,15-16,34H,4-5,7,11H2,1-3H3,(H,29,31,32). The van der Waals surface area contributed by atoms with E-state index in [1.165, 1.54) is 11.3 Å². The summed E-state index contributed by atoms with van der Waals surface area (Å²) < 4.78 is 44.1. The lowest BCUT2D eigenvalue weighted by molar-refractivity contribution is -0.153. The van der Waals surface area contributed by atoms with Crippen molar-refractivity contribution < 1.29 is 27.8 Å². The fourth-order valence-corrected chi connectivity index (χ4v) is 5.62. The number of carbonyl (C=O) groups is 1.